The number of carbonyl (C=O) groups is 1. The van der Waals surface area contributed by atoms with Crippen LogP contribution in [0.3, 0.4) is 0 Å². The van der Waals surface area contributed by atoms with Gasteiger partial charge in [-0.3, -0.25) is 4.79 Å². The highest BCUT2D eigenvalue weighted by atomic mass is 16.2. The van der Waals surface area contributed by atoms with Gasteiger partial charge in [-0.1, -0.05) is 32.6 Å². The molecule has 0 saturated heterocycles. The standard InChI is InChI=1S/C14H27NO/c1-5-6-7-12(10-11-8-9-11)13(16)15-14(2,3)4/h11-12H,5-10H2,1-4H3,(H,15,16). The zero-order valence-corrected chi connectivity index (χ0v) is 11.3. The lowest BCUT2D eigenvalue weighted by atomic mass is 9.94. The minimum absolute atomic E-state index is 0.0922. The van der Waals surface area contributed by atoms with Gasteiger partial charge in [0.15, 0.2) is 0 Å². The normalized spacial score (nSPS) is 18.2. The lowest BCUT2D eigenvalue weighted by Crippen LogP contribution is -2.44. The number of amides is 1. The molecule has 1 saturated carbocycles. The maximum absolute atomic E-state index is 12.1. The molecular formula is C14H27NO. The smallest absolute Gasteiger partial charge is 0.223 e. The molecule has 1 aliphatic carbocycles. The topological polar surface area (TPSA) is 29.1 Å². The Balaban J connectivity index is 2.42. The molecule has 0 aromatic rings. The van der Waals surface area contributed by atoms with E-state index in [0.717, 1.165) is 18.8 Å². The second kappa shape index (κ2) is 5.70. The summed E-state index contributed by atoms with van der Waals surface area (Å²) in [6, 6.07) is 0. The van der Waals surface area contributed by atoms with E-state index < -0.39 is 0 Å². The molecule has 0 bridgehead atoms. The summed E-state index contributed by atoms with van der Waals surface area (Å²) < 4.78 is 0. The van der Waals surface area contributed by atoms with Gasteiger partial charge in [0.05, 0.1) is 0 Å². The van der Waals surface area contributed by atoms with Gasteiger partial charge >= 0.3 is 0 Å². The number of rotatable bonds is 6. The van der Waals surface area contributed by atoms with Gasteiger partial charge in [0, 0.05) is 11.5 Å². The number of nitrogens with one attached hydrogen (secondary N) is 1. The molecule has 1 N–H and O–H groups in total. The summed E-state index contributed by atoms with van der Waals surface area (Å²) in [4.78, 5) is 12.1. The van der Waals surface area contributed by atoms with Crippen molar-refractivity contribution in [1.29, 1.82) is 0 Å². The molecule has 1 unspecified atom stereocenters. The Hall–Kier alpha value is -0.530. The van der Waals surface area contributed by atoms with E-state index in [-0.39, 0.29) is 17.4 Å². The van der Waals surface area contributed by atoms with Crippen LogP contribution in [0.15, 0.2) is 0 Å². The van der Waals surface area contributed by atoms with Gasteiger partial charge < -0.3 is 5.32 Å². The maximum atomic E-state index is 12.1. The van der Waals surface area contributed by atoms with Crippen molar-refractivity contribution < 1.29 is 4.79 Å². The first-order chi connectivity index (χ1) is 7.42. The molecule has 0 aliphatic heterocycles. The molecule has 0 aromatic heterocycles. The van der Waals surface area contributed by atoms with Crippen LogP contribution >= 0.6 is 0 Å². The molecule has 1 aliphatic rings. The fourth-order valence-electron chi connectivity index (χ4n) is 2.03. The summed E-state index contributed by atoms with van der Waals surface area (Å²) in [5.41, 5.74) is -0.0922. The molecule has 16 heavy (non-hydrogen) atoms. The van der Waals surface area contributed by atoms with Gasteiger partial charge in [-0.05, 0) is 39.5 Å². The second-order valence-corrected chi connectivity index (χ2v) is 6.26. The minimum atomic E-state index is -0.0922. The van der Waals surface area contributed by atoms with Crippen LogP contribution in [0.1, 0.15) is 66.2 Å². The Kier molecular flexibility index (Phi) is 4.82. The monoisotopic (exact) mass is 225 g/mol. The van der Waals surface area contributed by atoms with Gasteiger partial charge in [0.25, 0.3) is 0 Å². The van der Waals surface area contributed by atoms with E-state index in [4.69, 9.17) is 0 Å². The third-order valence-electron chi connectivity index (χ3n) is 3.09. The summed E-state index contributed by atoms with van der Waals surface area (Å²) in [5, 5.41) is 3.12. The maximum Gasteiger partial charge on any atom is 0.223 e. The van der Waals surface area contributed by atoms with E-state index in [1.54, 1.807) is 0 Å². The van der Waals surface area contributed by atoms with Crippen LogP contribution in [0.5, 0.6) is 0 Å². The Labute approximate surface area is 100 Å². The van der Waals surface area contributed by atoms with Crippen molar-refractivity contribution in [2.24, 2.45) is 11.8 Å². The summed E-state index contributed by atoms with van der Waals surface area (Å²) in [6.07, 6.45) is 7.21. The molecule has 1 fully saturated rings. The van der Waals surface area contributed by atoms with E-state index in [2.05, 4.69) is 33.0 Å². The lowest BCUT2D eigenvalue weighted by molar-refractivity contribution is -0.127. The molecule has 1 atom stereocenters. The average molecular weight is 225 g/mol. The SMILES string of the molecule is CCCCC(CC1CC1)C(=O)NC(C)(C)C. The first-order valence-corrected chi connectivity index (χ1v) is 6.74. The largest absolute Gasteiger partial charge is 0.351 e. The zero-order valence-electron chi connectivity index (χ0n) is 11.3. The van der Waals surface area contributed by atoms with Crippen molar-refractivity contribution in [3.63, 3.8) is 0 Å². The minimum Gasteiger partial charge on any atom is -0.351 e. The highest BCUT2D eigenvalue weighted by molar-refractivity contribution is 5.79. The highest BCUT2D eigenvalue weighted by Crippen LogP contribution is 2.36. The molecule has 0 radical (unpaired) electrons. The highest BCUT2D eigenvalue weighted by Gasteiger charge is 2.30. The average Bonchev–Trinajstić information content (AvgIpc) is 2.92. The molecule has 94 valence electrons. The molecule has 0 aromatic carbocycles. The number of unbranched alkanes of at least 4 members (excludes halogenated alkanes) is 1. The van der Waals surface area contributed by atoms with Gasteiger partial charge in [-0.2, -0.15) is 0 Å². The Morgan fingerprint density at radius 3 is 2.44 bits per heavy atom. The second-order valence-electron chi connectivity index (χ2n) is 6.26. The number of carbonyl (C=O) groups excluding carboxylic acids is 1. The van der Waals surface area contributed by atoms with Crippen molar-refractivity contribution in [2.45, 2.75) is 71.8 Å². The Morgan fingerprint density at radius 2 is 2.00 bits per heavy atom. The Bertz CT molecular complexity index is 225. The van der Waals surface area contributed by atoms with Crippen molar-refractivity contribution >= 4 is 5.91 Å². The first kappa shape index (κ1) is 13.5. The molecule has 2 heteroatoms. The summed E-state index contributed by atoms with van der Waals surface area (Å²) in [6.45, 7) is 8.35. The molecular weight excluding hydrogens is 198 g/mol. The molecule has 0 spiro atoms. The van der Waals surface area contributed by atoms with E-state index in [1.165, 1.54) is 25.7 Å². The number of hydrogen-bond donors (Lipinski definition) is 1. The molecule has 2 nitrogen and oxygen atoms in total. The Morgan fingerprint density at radius 1 is 1.38 bits per heavy atom. The van der Waals surface area contributed by atoms with Crippen molar-refractivity contribution in [3.8, 4) is 0 Å². The predicted octanol–water partition coefficient (Wildman–Crippen LogP) is 3.51. The van der Waals surface area contributed by atoms with Crippen LogP contribution in [0.25, 0.3) is 0 Å². The van der Waals surface area contributed by atoms with Gasteiger partial charge in [0.1, 0.15) is 0 Å². The zero-order chi connectivity index (χ0) is 12.2. The van der Waals surface area contributed by atoms with Crippen molar-refractivity contribution in [1.82, 2.24) is 5.32 Å². The molecule has 1 rings (SSSR count). The van der Waals surface area contributed by atoms with Crippen LogP contribution < -0.4 is 5.32 Å². The predicted molar refractivity (Wildman–Crippen MR) is 68.3 cm³/mol. The van der Waals surface area contributed by atoms with E-state index in [1.807, 2.05) is 0 Å². The number of hydrogen-bond acceptors (Lipinski definition) is 1. The molecule has 1 amide bonds. The van der Waals surface area contributed by atoms with E-state index in [0.29, 0.717) is 0 Å². The van der Waals surface area contributed by atoms with Crippen LogP contribution in [0.2, 0.25) is 0 Å². The van der Waals surface area contributed by atoms with Crippen LogP contribution in [-0.4, -0.2) is 11.4 Å². The van der Waals surface area contributed by atoms with E-state index >= 15 is 0 Å². The quantitative estimate of drug-likeness (QED) is 0.736. The third-order valence-corrected chi connectivity index (χ3v) is 3.09. The van der Waals surface area contributed by atoms with Crippen molar-refractivity contribution in [3.05, 3.63) is 0 Å². The van der Waals surface area contributed by atoms with E-state index in [9.17, 15) is 4.79 Å². The fraction of sp³-hybridized carbons (Fsp3) is 0.929. The van der Waals surface area contributed by atoms with Crippen LogP contribution in [0, 0.1) is 11.8 Å². The van der Waals surface area contributed by atoms with Crippen LogP contribution in [0.4, 0.5) is 0 Å². The van der Waals surface area contributed by atoms with Crippen molar-refractivity contribution in [2.75, 3.05) is 0 Å². The first-order valence-electron chi connectivity index (χ1n) is 6.74. The summed E-state index contributed by atoms with van der Waals surface area (Å²) in [5.74, 6) is 1.37. The van der Waals surface area contributed by atoms with Crippen LogP contribution in [-0.2, 0) is 4.79 Å². The van der Waals surface area contributed by atoms with Gasteiger partial charge in [-0.15, -0.1) is 0 Å². The molecule has 0 heterocycles. The van der Waals surface area contributed by atoms with Gasteiger partial charge in [0.2, 0.25) is 5.91 Å². The third kappa shape index (κ3) is 5.53. The lowest BCUT2D eigenvalue weighted by Gasteiger charge is -2.25. The fourth-order valence-corrected chi connectivity index (χ4v) is 2.03. The summed E-state index contributed by atoms with van der Waals surface area (Å²) >= 11 is 0. The summed E-state index contributed by atoms with van der Waals surface area (Å²) in [7, 11) is 0. The van der Waals surface area contributed by atoms with Gasteiger partial charge in [-0.25, -0.2) is 0 Å².